The molecule has 0 aliphatic heterocycles. The molecule has 1 aromatic rings. The number of nitro groups is 1. The van der Waals surface area contributed by atoms with Crippen LogP contribution in [0.25, 0.3) is 0 Å². The number of benzene rings is 1. The summed E-state index contributed by atoms with van der Waals surface area (Å²) in [5.41, 5.74) is 1.06. The fraction of sp³-hybridized carbons (Fsp3) is 0.412. The molecule has 1 aliphatic rings. The Morgan fingerprint density at radius 1 is 1.25 bits per heavy atom. The molecule has 2 rings (SSSR count). The summed E-state index contributed by atoms with van der Waals surface area (Å²) >= 11 is 0. The van der Waals surface area contributed by atoms with Gasteiger partial charge < -0.3 is 10.1 Å². The second-order valence-electron chi connectivity index (χ2n) is 5.63. The molecule has 0 saturated carbocycles. The standard InChI is InChI=1S/C17H20N2O5/c1-24-17(21)14-9-13(10-15(11-14)19(22)23)16(20)18-8-7-12-5-3-2-4-6-12/h5,9-11H,2-4,6-8H2,1H3,(H,18,20). The van der Waals surface area contributed by atoms with E-state index in [0.717, 1.165) is 31.4 Å². The number of carbonyl (C=O) groups excluding carboxylic acids is 2. The van der Waals surface area contributed by atoms with Gasteiger partial charge in [-0.15, -0.1) is 0 Å². The van der Waals surface area contributed by atoms with Crippen LogP contribution in [0.5, 0.6) is 0 Å². The molecule has 0 heterocycles. The SMILES string of the molecule is COC(=O)c1cc(C(=O)NCCC2=CCCCC2)cc([N+](=O)[O-])c1. The topological polar surface area (TPSA) is 98.5 Å². The summed E-state index contributed by atoms with van der Waals surface area (Å²) in [5.74, 6) is -1.17. The number of hydrogen-bond donors (Lipinski definition) is 1. The van der Waals surface area contributed by atoms with E-state index < -0.39 is 16.8 Å². The first-order chi connectivity index (χ1) is 11.5. The summed E-state index contributed by atoms with van der Waals surface area (Å²) in [5, 5.41) is 13.7. The number of methoxy groups -OCH3 is 1. The van der Waals surface area contributed by atoms with E-state index in [2.05, 4.69) is 16.1 Å². The van der Waals surface area contributed by atoms with Crippen molar-refractivity contribution in [3.8, 4) is 0 Å². The van der Waals surface area contributed by atoms with E-state index in [-0.39, 0.29) is 16.8 Å². The predicted molar refractivity (Wildman–Crippen MR) is 87.9 cm³/mol. The minimum absolute atomic E-state index is 0.0214. The fourth-order valence-electron chi connectivity index (χ4n) is 2.65. The maximum Gasteiger partial charge on any atom is 0.338 e. The highest BCUT2D eigenvalue weighted by atomic mass is 16.6. The summed E-state index contributed by atoms with van der Waals surface area (Å²) in [6.45, 7) is 0.459. The number of nitrogens with one attached hydrogen (secondary N) is 1. The van der Waals surface area contributed by atoms with Gasteiger partial charge in [-0.25, -0.2) is 4.79 Å². The molecule has 1 amide bonds. The first kappa shape index (κ1) is 17.7. The Bertz CT molecular complexity index is 682. The third-order valence-corrected chi connectivity index (χ3v) is 3.93. The van der Waals surface area contributed by atoms with Crippen LogP contribution in [0.1, 0.15) is 52.8 Å². The van der Waals surface area contributed by atoms with Crippen molar-refractivity contribution in [2.75, 3.05) is 13.7 Å². The van der Waals surface area contributed by atoms with Crippen LogP contribution < -0.4 is 5.32 Å². The molecule has 1 aromatic carbocycles. The Morgan fingerprint density at radius 2 is 2.00 bits per heavy atom. The van der Waals surface area contributed by atoms with Crippen LogP contribution in [0.15, 0.2) is 29.8 Å². The molecule has 0 saturated heterocycles. The molecule has 24 heavy (non-hydrogen) atoms. The van der Waals surface area contributed by atoms with E-state index in [1.54, 1.807) is 0 Å². The van der Waals surface area contributed by atoms with Crippen molar-refractivity contribution in [3.63, 3.8) is 0 Å². The van der Waals surface area contributed by atoms with Crippen LogP contribution in [0, 0.1) is 10.1 Å². The van der Waals surface area contributed by atoms with Gasteiger partial charge in [-0.3, -0.25) is 14.9 Å². The summed E-state index contributed by atoms with van der Waals surface area (Å²) in [4.78, 5) is 34.1. The van der Waals surface area contributed by atoms with Crippen LogP contribution in [0.4, 0.5) is 5.69 Å². The average molecular weight is 332 g/mol. The Labute approximate surface area is 139 Å². The van der Waals surface area contributed by atoms with E-state index in [9.17, 15) is 19.7 Å². The Hall–Kier alpha value is -2.70. The van der Waals surface area contributed by atoms with Crippen LogP contribution in [0.3, 0.4) is 0 Å². The second kappa shape index (κ2) is 8.24. The summed E-state index contributed by atoms with van der Waals surface area (Å²) < 4.78 is 4.57. The van der Waals surface area contributed by atoms with Crippen LogP contribution in [-0.4, -0.2) is 30.5 Å². The Morgan fingerprint density at radius 3 is 2.62 bits per heavy atom. The molecule has 7 nitrogen and oxygen atoms in total. The first-order valence-electron chi connectivity index (χ1n) is 7.85. The number of hydrogen-bond acceptors (Lipinski definition) is 5. The number of ether oxygens (including phenoxy) is 1. The Kier molecular flexibility index (Phi) is 6.06. The van der Waals surface area contributed by atoms with Gasteiger partial charge in [-0.05, 0) is 38.2 Å². The van der Waals surface area contributed by atoms with Gasteiger partial charge in [0.05, 0.1) is 17.6 Å². The molecular weight excluding hydrogens is 312 g/mol. The number of allylic oxidation sites excluding steroid dienone is 1. The van der Waals surface area contributed by atoms with Gasteiger partial charge in [0.1, 0.15) is 0 Å². The number of rotatable bonds is 6. The van der Waals surface area contributed by atoms with Gasteiger partial charge in [0.15, 0.2) is 0 Å². The minimum Gasteiger partial charge on any atom is -0.465 e. The zero-order valence-corrected chi connectivity index (χ0v) is 13.5. The van der Waals surface area contributed by atoms with Gasteiger partial charge in [0.25, 0.3) is 11.6 Å². The van der Waals surface area contributed by atoms with Crippen molar-refractivity contribution in [2.24, 2.45) is 0 Å². The van der Waals surface area contributed by atoms with E-state index >= 15 is 0 Å². The molecule has 0 unspecified atom stereocenters. The maximum absolute atomic E-state index is 12.2. The quantitative estimate of drug-likeness (QED) is 0.374. The zero-order valence-electron chi connectivity index (χ0n) is 13.5. The third kappa shape index (κ3) is 4.65. The molecule has 0 atom stereocenters. The van der Waals surface area contributed by atoms with Crippen molar-refractivity contribution in [2.45, 2.75) is 32.1 Å². The number of non-ortho nitro benzene ring substituents is 1. The third-order valence-electron chi connectivity index (χ3n) is 3.93. The number of carbonyl (C=O) groups is 2. The summed E-state index contributed by atoms with van der Waals surface area (Å²) in [6, 6.07) is 3.55. The lowest BCUT2D eigenvalue weighted by molar-refractivity contribution is -0.384. The van der Waals surface area contributed by atoms with Crippen LogP contribution in [0.2, 0.25) is 0 Å². The highest BCUT2D eigenvalue weighted by Crippen LogP contribution is 2.20. The molecule has 1 aliphatic carbocycles. The molecular formula is C17H20N2O5. The number of nitrogens with zero attached hydrogens (tertiary/aromatic N) is 1. The number of nitro benzene ring substituents is 1. The van der Waals surface area contributed by atoms with Crippen LogP contribution in [-0.2, 0) is 4.74 Å². The molecule has 0 fully saturated rings. The maximum atomic E-state index is 12.2. The zero-order chi connectivity index (χ0) is 17.5. The van der Waals surface area contributed by atoms with Gasteiger partial charge in [-0.1, -0.05) is 11.6 Å². The molecule has 7 heteroatoms. The highest BCUT2D eigenvalue weighted by molar-refractivity contribution is 5.98. The second-order valence-corrected chi connectivity index (χ2v) is 5.63. The number of amides is 1. The van der Waals surface area contributed by atoms with Gasteiger partial charge in [-0.2, -0.15) is 0 Å². The van der Waals surface area contributed by atoms with Gasteiger partial charge in [0, 0.05) is 24.2 Å². The van der Waals surface area contributed by atoms with E-state index in [1.807, 2.05) is 0 Å². The lowest BCUT2D eigenvalue weighted by Crippen LogP contribution is -2.25. The van der Waals surface area contributed by atoms with Crippen molar-refractivity contribution < 1.29 is 19.2 Å². The molecule has 0 spiro atoms. The summed E-state index contributed by atoms with van der Waals surface area (Å²) in [6.07, 6.45) is 7.49. The monoisotopic (exact) mass is 332 g/mol. The molecule has 1 N–H and O–H groups in total. The van der Waals surface area contributed by atoms with Crippen molar-refractivity contribution >= 4 is 17.6 Å². The van der Waals surface area contributed by atoms with Crippen molar-refractivity contribution in [1.82, 2.24) is 5.32 Å². The average Bonchev–Trinajstić information content (AvgIpc) is 2.61. The van der Waals surface area contributed by atoms with E-state index in [4.69, 9.17) is 0 Å². The van der Waals surface area contributed by atoms with E-state index in [1.165, 1.54) is 31.6 Å². The summed E-state index contributed by atoms with van der Waals surface area (Å²) in [7, 11) is 1.18. The molecule has 0 aromatic heterocycles. The molecule has 0 radical (unpaired) electrons. The highest BCUT2D eigenvalue weighted by Gasteiger charge is 2.18. The smallest absolute Gasteiger partial charge is 0.338 e. The normalized spacial score (nSPS) is 13.8. The van der Waals surface area contributed by atoms with Gasteiger partial charge in [0.2, 0.25) is 0 Å². The number of esters is 1. The first-order valence-corrected chi connectivity index (χ1v) is 7.85. The molecule has 0 bridgehead atoms. The van der Waals surface area contributed by atoms with E-state index in [0.29, 0.717) is 6.54 Å². The predicted octanol–water partition coefficient (Wildman–Crippen LogP) is 3.00. The Balaban J connectivity index is 2.07. The minimum atomic E-state index is -0.722. The van der Waals surface area contributed by atoms with Crippen LogP contribution >= 0.6 is 0 Å². The van der Waals surface area contributed by atoms with Crippen molar-refractivity contribution in [3.05, 3.63) is 51.1 Å². The largest absolute Gasteiger partial charge is 0.465 e. The van der Waals surface area contributed by atoms with Gasteiger partial charge >= 0.3 is 5.97 Å². The van der Waals surface area contributed by atoms with Crippen molar-refractivity contribution in [1.29, 1.82) is 0 Å². The lowest BCUT2D eigenvalue weighted by Gasteiger charge is -2.13. The fourth-order valence-corrected chi connectivity index (χ4v) is 2.65. The lowest BCUT2D eigenvalue weighted by atomic mass is 9.97. The molecule has 128 valence electrons.